The Morgan fingerprint density at radius 3 is 2.15 bits per heavy atom. The number of rotatable bonds is 6. The van der Waals surface area contributed by atoms with Crippen LogP contribution in [0.25, 0.3) is 45.2 Å². The molecule has 1 heterocycles. The van der Waals surface area contributed by atoms with Crippen molar-refractivity contribution in [1.29, 1.82) is 0 Å². The van der Waals surface area contributed by atoms with Gasteiger partial charge in [-0.2, -0.15) is 0 Å². The molecule has 0 aliphatic rings. The number of hydrogen-bond acceptors (Lipinski definition) is 3. The predicted octanol–water partition coefficient (Wildman–Crippen LogP) is 8.43. The molecule has 0 spiro atoms. The maximum atomic E-state index is 6.45. The minimum atomic E-state index is 0.563. The molecule has 0 fully saturated rings. The summed E-state index contributed by atoms with van der Waals surface area (Å²) < 4.78 is 6.45. The van der Waals surface area contributed by atoms with Crippen molar-refractivity contribution in [3.63, 3.8) is 0 Å². The van der Waals surface area contributed by atoms with Gasteiger partial charge in [-0.1, -0.05) is 84.4 Å². The van der Waals surface area contributed by atoms with Gasteiger partial charge in [-0.3, -0.25) is 0 Å². The van der Waals surface area contributed by atoms with E-state index in [4.69, 9.17) is 21.0 Å². The van der Waals surface area contributed by atoms with Crippen molar-refractivity contribution >= 4 is 17.3 Å². The maximum Gasteiger partial charge on any atom is 0.227 e. The van der Waals surface area contributed by atoms with Crippen LogP contribution in [0.15, 0.2) is 108 Å². The Labute approximate surface area is 198 Å². The summed E-state index contributed by atoms with van der Waals surface area (Å²) in [6.07, 6.45) is 0. The normalized spacial score (nSPS) is 10.8. The summed E-state index contributed by atoms with van der Waals surface area (Å²) >= 11 is 6.42. The quantitative estimate of drug-likeness (QED) is 0.282. The van der Waals surface area contributed by atoms with Gasteiger partial charge in [0, 0.05) is 33.9 Å². The van der Waals surface area contributed by atoms with Crippen LogP contribution < -0.4 is 5.32 Å². The van der Waals surface area contributed by atoms with Crippen LogP contribution in [-0.2, 0) is 0 Å². The van der Waals surface area contributed by atoms with Crippen molar-refractivity contribution in [2.45, 2.75) is 6.92 Å². The van der Waals surface area contributed by atoms with E-state index in [0.717, 1.165) is 51.5 Å². The van der Waals surface area contributed by atoms with Gasteiger partial charge in [-0.05, 0) is 48.4 Å². The van der Waals surface area contributed by atoms with Crippen LogP contribution >= 0.6 is 11.6 Å². The second kappa shape index (κ2) is 9.35. The number of halogens is 1. The number of nitrogens with one attached hydrogen (secondary N) is 1. The molecule has 162 valence electrons. The summed E-state index contributed by atoms with van der Waals surface area (Å²) in [5.74, 6) is 1.31. The van der Waals surface area contributed by atoms with E-state index in [1.54, 1.807) is 0 Å². The van der Waals surface area contributed by atoms with E-state index in [9.17, 15) is 0 Å². The first kappa shape index (κ1) is 21.0. The zero-order valence-electron chi connectivity index (χ0n) is 18.3. The molecule has 0 aliphatic heterocycles. The van der Waals surface area contributed by atoms with Crippen LogP contribution in [0, 0.1) is 0 Å². The van der Waals surface area contributed by atoms with Crippen molar-refractivity contribution in [3.8, 4) is 45.2 Å². The summed E-state index contributed by atoms with van der Waals surface area (Å²) in [7, 11) is 0. The summed E-state index contributed by atoms with van der Waals surface area (Å²) in [6.45, 7) is 2.94. The maximum absolute atomic E-state index is 6.45. The molecule has 3 nitrogen and oxygen atoms in total. The fraction of sp³-hybridized carbons (Fsp3) is 0.0690. The van der Waals surface area contributed by atoms with Crippen molar-refractivity contribution in [2.75, 3.05) is 11.9 Å². The largest absolute Gasteiger partial charge is 0.435 e. The van der Waals surface area contributed by atoms with Crippen LogP contribution in [-0.4, -0.2) is 11.5 Å². The van der Waals surface area contributed by atoms with Crippen LogP contribution in [0.2, 0.25) is 5.02 Å². The van der Waals surface area contributed by atoms with Gasteiger partial charge in [0.05, 0.1) is 0 Å². The molecule has 33 heavy (non-hydrogen) atoms. The lowest BCUT2D eigenvalue weighted by Crippen LogP contribution is -1.96. The monoisotopic (exact) mass is 450 g/mol. The minimum absolute atomic E-state index is 0.563. The minimum Gasteiger partial charge on any atom is -0.435 e. The molecule has 5 rings (SSSR count). The summed E-state index contributed by atoms with van der Waals surface area (Å²) in [5.41, 5.74) is 6.79. The summed E-state index contributed by atoms with van der Waals surface area (Å²) in [4.78, 5) is 4.98. The first-order chi connectivity index (χ1) is 16.2. The molecule has 1 aromatic heterocycles. The predicted molar refractivity (Wildman–Crippen MR) is 137 cm³/mol. The molecule has 1 N–H and O–H groups in total. The highest BCUT2D eigenvalue weighted by molar-refractivity contribution is 6.31. The number of nitrogens with zero attached hydrogens (tertiary/aromatic N) is 1. The lowest BCUT2D eigenvalue weighted by atomic mass is 9.99. The Hall–Kier alpha value is -3.82. The van der Waals surface area contributed by atoms with Crippen LogP contribution in [0.1, 0.15) is 6.92 Å². The molecule has 0 unspecified atom stereocenters. The van der Waals surface area contributed by atoms with Gasteiger partial charge in [0.2, 0.25) is 5.89 Å². The van der Waals surface area contributed by atoms with E-state index in [1.807, 2.05) is 72.8 Å². The molecule has 0 aliphatic carbocycles. The number of benzene rings is 4. The molecule has 5 aromatic rings. The summed E-state index contributed by atoms with van der Waals surface area (Å²) in [6, 6.07) is 34.3. The smallest absolute Gasteiger partial charge is 0.227 e. The molecule has 0 bridgehead atoms. The summed E-state index contributed by atoms with van der Waals surface area (Å²) in [5, 5.41) is 4.04. The van der Waals surface area contributed by atoms with Gasteiger partial charge in [0.1, 0.15) is 5.69 Å². The Morgan fingerprint density at radius 2 is 1.42 bits per heavy atom. The SMILES string of the molecule is CCNc1cccc(-c2cc(Cl)ccc2-c2nc(-c3ccccc3)c(-c3ccccc3)o2)c1. The number of oxazole rings is 1. The zero-order chi connectivity index (χ0) is 22.6. The van der Waals surface area contributed by atoms with Crippen molar-refractivity contribution in [1.82, 2.24) is 4.98 Å². The molecule has 0 saturated heterocycles. The molecule has 0 saturated carbocycles. The molecule has 4 aromatic carbocycles. The zero-order valence-corrected chi connectivity index (χ0v) is 19.0. The van der Waals surface area contributed by atoms with E-state index < -0.39 is 0 Å². The van der Waals surface area contributed by atoms with Gasteiger partial charge < -0.3 is 9.73 Å². The average Bonchev–Trinajstić information content (AvgIpc) is 3.31. The topological polar surface area (TPSA) is 38.1 Å². The van der Waals surface area contributed by atoms with E-state index in [1.165, 1.54) is 0 Å². The van der Waals surface area contributed by atoms with E-state index in [2.05, 4.69) is 42.6 Å². The lowest BCUT2D eigenvalue weighted by molar-refractivity contribution is 0.589. The molecule has 0 radical (unpaired) electrons. The Kier molecular flexibility index (Phi) is 5.97. The highest BCUT2D eigenvalue weighted by Crippen LogP contribution is 2.40. The molecular formula is C29H23ClN2O. The van der Waals surface area contributed by atoms with Crippen LogP contribution in [0.3, 0.4) is 0 Å². The van der Waals surface area contributed by atoms with E-state index in [-0.39, 0.29) is 0 Å². The first-order valence-corrected chi connectivity index (χ1v) is 11.4. The third-order valence-corrected chi connectivity index (χ3v) is 5.71. The highest BCUT2D eigenvalue weighted by Gasteiger charge is 2.20. The van der Waals surface area contributed by atoms with Crippen molar-refractivity contribution < 1.29 is 4.42 Å². The van der Waals surface area contributed by atoms with Crippen LogP contribution in [0.5, 0.6) is 0 Å². The highest BCUT2D eigenvalue weighted by atomic mass is 35.5. The average molecular weight is 451 g/mol. The fourth-order valence-electron chi connectivity index (χ4n) is 3.95. The first-order valence-electron chi connectivity index (χ1n) is 11.0. The second-order valence-electron chi connectivity index (χ2n) is 7.73. The van der Waals surface area contributed by atoms with Gasteiger partial charge in [0.15, 0.2) is 5.76 Å². The third kappa shape index (κ3) is 4.41. The fourth-order valence-corrected chi connectivity index (χ4v) is 4.13. The van der Waals surface area contributed by atoms with Crippen molar-refractivity contribution in [3.05, 3.63) is 108 Å². The molecule has 0 atom stereocenters. The molecular weight excluding hydrogens is 428 g/mol. The van der Waals surface area contributed by atoms with Crippen molar-refractivity contribution in [2.24, 2.45) is 0 Å². The number of hydrogen-bond donors (Lipinski definition) is 1. The molecule has 0 amide bonds. The van der Waals surface area contributed by atoms with Gasteiger partial charge in [0.25, 0.3) is 0 Å². The van der Waals surface area contributed by atoms with Gasteiger partial charge >= 0.3 is 0 Å². The molecule has 4 heteroatoms. The standard InChI is InChI=1S/C29H23ClN2O/c1-2-31-24-15-9-14-22(18-24)26-19-23(30)16-17-25(26)29-32-27(20-10-5-3-6-11-20)28(33-29)21-12-7-4-8-13-21/h3-19,31H,2H2,1H3. The number of anilines is 1. The number of aromatic nitrogens is 1. The van der Waals surface area contributed by atoms with Crippen LogP contribution in [0.4, 0.5) is 5.69 Å². The Morgan fingerprint density at radius 1 is 0.727 bits per heavy atom. The third-order valence-electron chi connectivity index (χ3n) is 5.48. The van der Waals surface area contributed by atoms with Gasteiger partial charge in [-0.15, -0.1) is 0 Å². The van der Waals surface area contributed by atoms with E-state index in [0.29, 0.717) is 10.9 Å². The van der Waals surface area contributed by atoms with E-state index >= 15 is 0 Å². The Bertz CT molecular complexity index is 1320. The second-order valence-corrected chi connectivity index (χ2v) is 8.17. The van der Waals surface area contributed by atoms with Gasteiger partial charge in [-0.25, -0.2) is 4.98 Å². The lowest BCUT2D eigenvalue weighted by Gasteiger charge is -2.10. The Balaban J connectivity index is 1.70.